The third-order valence-corrected chi connectivity index (χ3v) is 7.97. The molecule has 0 spiro atoms. The summed E-state index contributed by atoms with van der Waals surface area (Å²) < 4.78 is 8.36. The van der Waals surface area contributed by atoms with Gasteiger partial charge >= 0.3 is 47.0 Å². The van der Waals surface area contributed by atoms with Crippen LogP contribution in [0.15, 0.2) is 0 Å². The van der Waals surface area contributed by atoms with Gasteiger partial charge in [-0.25, -0.2) is 0 Å². The van der Waals surface area contributed by atoms with Gasteiger partial charge in [-0.3, -0.25) is 0 Å². The van der Waals surface area contributed by atoms with Crippen LogP contribution in [-0.2, 0) is 31.9 Å². The van der Waals surface area contributed by atoms with Crippen LogP contribution in [0.4, 0.5) is 0 Å². The average Bonchev–Trinajstić information content (AvgIpc) is 2.98. The molecule has 1 radical (unpaired) electrons. The van der Waals surface area contributed by atoms with Crippen LogP contribution < -0.4 is 10.2 Å². The molecule has 5 nitrogen and oxygen atoms in total. The molecule has 0 amide bonds. The van der Waals surface area contributed by atoms with Crippen molar-refractivity contribution in [3.05, 3.63) is 0 Å². The molecule has 0 bridgehead atoms. The Kier molecular flexibility index (Phi) is 65.1. The van der Waals surface area contributed by atoms with Gasteiger partial charge in [-0.05, 0) is 25.7 Å². The van der Waals surface area contributed by atoms with Crippen LogP contribution in [0.5, 0.6) is 0 Å². The number of carbonyl (C=O) groups excluding carboxylic acids is 2. The van der Waals surface area contributed by atoms with Gasteiger partial charge in [0.1, 0.15) is 0 Å². The fraction of sp³-hybridized carbons (Fsp3) is 0.944. The van der Waals surface area contributed by atoms with E-state index >= 15 is 0 Å². The van der Waals surface area contributed by atoms with E-state index in [4.69, 9.17) is 2.81 Å². The van der Waals surface area contributed by atoms with Crippen LogP contribution in [-0.4, -0.2) is 36.7 Å². The van der Waals surface area contributed by atoms with E-state index in [1.165, 1.54) is 167 Å². The molecule has 0 heterocycles. The van der Waals surface area contributed by atoms with Crippen molar-refractivity contribution in [2.75, 3.05) is 0 Å². The minimum absolute atomic E-state index is 0. The Morgan fingerprint density at radius 1 is 0.364 bits per heavy atom. The summed E-state index contributed by atoms with van der Waals surface area (Å²) in [5, 5.41) is 20.4. The predicted molar refractivity (Wildman–Crippen MR) is 183 cm³/mol. The smallest absolute Gasteiger partial charge is 2.00 e. The van der Waals surface area contributed by atoms with E-state index in [1.807, 2.05) is 0 Å². The molecule has 0 aliphatic rings. The van der Waals surface area contributed by atoms with Crippen LogP contribution in [0, 0.1) is 0 Å². The van der Waals surface area contributed by atoms with Gasteiger partial charge in [0.05, 0.1) is 0 Å². The summed E-state index contributed by atoms with van der Waals surface area (Å²) in [4.78, 5) is 20.4. The summed E-state index contributed by atoms with van der Waals surface area (Å²) >= 11 is 0.194. The molecule has 0 rings (SSSR count). The quantitative estimate of drug-likeness (QED) is 0.0495. The molecule has 0 saturated heterocycles. The van der Waals surface area contributed by atoms with Crippen molar-refractivity contribution in [1.29, 1.82) is 0 Å². The summed E-state index contributed by atoms with van der Waals surface area (Å²) in [6.07, 6.45) is 39.7. The first-order chi connectivity index (χ1) is 20.5. The molecule has 259 valence electrons. The van der Waals surface area contributed by atoms with Gasteiger partial charge in [0.2, 0.25) is 0 Å². The number of unbranched alkanes of at least 4 members (excludes halogenated alkanes) is 28. The largest absolute Gasteiger partial charge is 2.00 e. The topological polar surface area (TPSA) is 97.3 Å². The van der Waals surface area contributed by atoms with Crippen molar-refractivity contribution < 1.29 is 42.1 Å². The maximum absolute atomic E-state index is 10.2. The van der Waals surface area contributed by atoms with Crippen molar-refractivity contribution in [2.45, 2.75) is 219 Å². The molecule has 0 aliphatic heterocycles. The maximum Gasteiger partial charge on any atom is 2.00 e. The zero-order chi connectivity index (χ0) is 31.8. The maximum atomic E-state index is 10.2. The Hall–Kier alpha value is 0.536. The van der Waals surface area contributed by atoms with Gasteiger partial charge in [0.25, 0.3) is 0 Å². The first-order valence-corrected chi connectivity index (χ1v) is 19.5. The van der Waals surface area contributed by atoms with E-state index in [0.717, 1.165) is 25.7 Å². The molecule has 0 aromatic rings. The molecular formula is C36H71BiClO5Zn. The summed E-state index contributed by atoms with van der Waals surface area (Å²) in [5.41, 5.74) is 0. The molecule has 0 fully saturated rings. The standard InChI is InChI=1S/2C18H36O2.Bi.ClH.O.Zn/c2*1-2-3-4-5-6-7-8-9-10-11-12-13-14-15-16-17-18(19)20;;;;/h2*2-17H2,1H3,(H,19,20);;1H;;/q;;;;;+2/p-2. The van der Waals surface area contributed by atoms with Gasteiger partial charge in [0, 0.05) is 11.9 Å². The molecule has 0 aromatic carbocycles. The van der Waals surface area contributed by atoms with E-state index in [1.54, 1.807) is 0 Å². The van der Waals surface area contributed by atoms with Gasteiger partial charge in [-0.1, -0.05) is 194 Å². The van der Waals surface area contributed by atoms with E-state index in [9.17, 15) is 19.8 Å². The molecular weight excluding hydrogens is 822 g/mol. The number of carbonyl (C=O) groups is 2. The third-order valence-electron chi connectivity index (χ3n) is 7.97. The number of carboxylic acid groups (broad SMARTS) is 2. The van der Waals surface area contributed by atoms with E-state index in [2.05, 4.69) is 13.8 Å². The Morgan fingerprint density at radius 3 is 0.636 bits per heavy atom. The minimum Gasteiger partial charge on any atom is 2.00 e. The molecule has 8 heteroatoms. The van der Waals surface area contributed by atoms with Crippen LogP contribution in [0.3, 0.4) is 0 Å². The second-order valence-corrected chi connectivity index (χ2v) is 12.1. The SMILES string of the molecule is CCCCCCCCCCCCCCCCCC(=O)[O-].CCCCCCCCCCCCCCCCCC(=O)[O-].Cl.[O]=[Bi].[Zn+2]. The molecule has 0 atom stereocenters. The number of carboxylic acids is 2. The normalized spacial score (nSPS) is 9.95. The third kappa shape index (κ3) is 61.5. The fourth-order valence-corrected chi connectivity index (χ4v) is 5.28. The van der Waals surface area contributed by atoms with Crippen LogP contribution in [0.25, 0.3) is 0 Å². The summed E-state index contributed by atoms with van der Waals surface area (Å²) in [5.74, 6) is -1.81. The average molecular weight is 894 g/mol. The zero-order valence-corrected chi connectivity index (χ0v) is 36.5. The monoisotopic (exact) mass is 891 g/mol. The Labute approximate surface area is 308 Å². The molecule has 0 saturated carbocycles. The van der Waals surface area contributed by atoms with E-state index in [-0.39, 0.29) is 69.5 Å². The zero-order valence-electron chi connectivity index (χ0n) is 29.2. The first kappa shape index (κ1) is 54.0. The number of hydrogen-bond acceptors (Lipinski definition) is 5. The van der Waals surface area contributed by atoms with Crippen molar-refractivity contribution >= 4 is 49.1 Å². The summed E-state index contributed by atoms with van der Waals surface area (Å²) in [6, 6.07) is 0. The molecule has 0 unspecified atom stereocenters. The van der Waals surface area contributed by atoms with Crippen LogP contribution >= 0.6 is 12.4 Å². The number of hydrogen-bond donors (Lipinski definition) is 0. The first-order valence-electron chi connectivity index (χ1n) is 18.1. The minimum atomic E-state index is -0.903. The second-order valence-electron chi connectivity index (χ2n) is 12.1. The Morgan fingerprint density at radius 2 is 0.500 bits per heavy atom. The van der Waals surface area contributed by atoms with Gasteiger partial charge in [0.15, 0.2) is 0 Å². The van der Waals surface area contributed by atoms with Gasteiger partial charge in [-0.15, -0.1) is 12.4 Å². The predicted octanol–water partition coefficient (Wildman–Crippen LogP) is 9.92. The van der Waals surface area contributed by atoms with Crippen LogP contribution in [0.2, 0.25) is 0 Å². The van der Waals surface area contributed by atoms with Crippen molar-refractivity contribution in [1.82, 2.24) is 0 Å². The summed E-state index contributed by atoms with van der Waals surface area (Å²) in [7, 11) is 0. The van der Waals surface area contributed by atoms with Gasteiger partial charge < -0.3 is 19.8 Å². The number of halogens is 1. The van der Waals surface area contributed by atoms with Crippen molar-refractivity contribution in [2.24, 2.45) is 0 Å². The van der Waals surface area contributed by atoms with E-state index < -0.39 is 11.9 Å². The van der Waals surface area contributed by atoms with Gasteiger partial charge in [-0.2, -0.15) is 0 Å². The Balaban J connectivity index is -0.000000209. The molecule has 0 N–H and O–H groups in total. The van der Waals surface area contributed by atoms with Crippen molar-refractivity contribution in [3.63, 3.8) is 0 Å². The molecule has 0 aromatic heterocycles. The fourth-order valence-electron chi connectivity index (χ4n) is 5.28. The summed E-state index contributed by atoms with van der Waals surface area (Å²) in [6.45, 7) is 4.53. The Bertz CT molecular complexity index is 485. The van der Waals surface area contributed by atoms with Crippen molar-refractivity contribution in [3.8, 4) is 0 Å². The number of rotatable bonds is 32. The second kappa shape index (κ2) is 53.0. The molecule has 44 heavy (non-hydrogen) atoms. The van der Waals surface area contributed by atoms with Crippen LogP contribution in [0.1, 0.15) is 219 Å². The molecule has 0 aliphatic carbocycles. The number of aliphatic carboxylic acids is 2. The van der Waals surface area contributed by atoms with E-state index in [0.29, 0.717) is 0 Å².